The van der Waals surface area contributed by atoms with Gasteiger partial charge in [-0.25, -0.2) is 16.8 Å². The molecule has 0 saturated carbocycles. The number of hydrogen-bond donors (Lipinski definition) is 1. The summed E-state index contributed by atoms with van der Waals surface area (Å²) in [7, 11) is -7.40. The molecule has 1 saturated heterocycles. The molecular formula is C13H25N2NaO7S2. The second-order valence-corrected chi connectivity index (χ2v) is 9.71. The third-order valence-electron chi connectivity index (χ3n) is 4.23. The number of unbranched alkanes of at least 4 members (excludes halogenated alkanes) is 1. The van der Waals surface area contributed by atoms with E-state index in [1.54, 1.807) is 7.05 Å². The molecule has 0 aromatic heterocycles. The van der Waals surface area contributed by atoms with Gasteiger partial charge in [0, 0.05) is 29.9 Å². The van der Waals surface area contributed by atoms with Crippen LogP contribution in [-0.4, -0.2) is 81.1 Å². The Kier molecular flexibility index (Phi) is 10.1. The summed E-state index contributed by atoms with van der Waals surface area (Å²) in [4.78, 5) is 12.0. The molecule has 142 valence electrons. The Labute approximate surface area is 171 Å². The molecule has 2 atom stereocenters. The maximum absolute atomic E-state index is 12.0. The fourth-order valence-corrected chi connectivity index (χ4v) is 5.15. The number of amides is 1. The van der Waals surface area contributed by atoms with Gasteiger partial charge in [0.15, 0.2) is 6.54 Å². The Balaban J connectivity index is 0.00000576. The quantitative estimate of drug-likeness (QED) is 0.176. The molecule has 1 N–H and O–H groups in total. The van der Waals surface area contributed by atoms with Crippen LogP contribution < -0.4 is 34.9 Å². The molecule has 0 spiro atoms. The van der Waals surface area contributed by atoms with Crippen LogP contribution in [0.3, 0.4) is 0 Å². The third-order valence-corrected chi connectivity index (χ3v) is 5.90. The van der Waals surface area contributed by atoms with Gasteiger partial charge in [0.05, 0.1) is 40.4 Å². The second kappa shape index (κ2) is 9.98. The summed E-state index contributed by atoms with van der Waals surface area (Å²) in [6.07, 6.45) is 1.77. The molecule has 1 aliphatic rings. The third kappa shape index (κ3) is 10.2. The van der Waals surface area contributed by atoms with Gasteiger partial charge in [-0.3, -0.25) is 4.79 Å². The van der Waals surface area contributed by atoms with Crippen molar-refractivity contribution in [2.24, 2.45) is 11.8 Å². The summed E-state index contributed by atoms with van der Waals surface area (Å²) >= 11 is 0. The van der Waals surface area contributed by atoms with E-state index in [4.69, 9.17) is 0 Å². The fourth-order valence-electron chi connectivity index (χ4n) is 3.34. The van der Waals surface area contributed by atoms with Crippen LogP contribution in [0, 0.1) is 11.8 Å². The van der Waals surface area contributed by atoms with Gasteiger partial charge in [0.25, 0.3) is 5.91 Å². The predicted molar refractivity (Wildman–Crippen MR) is 84.8 cm³/mol. The van der Waals surface area contributed by atoms with Crippen molar-refractivity contribution in [3.8, 4) is 0 Å². The van der Waals surface area contributed by atoms with Gasteiger partial charge in [0.2, 0.25) is 0 Å². The molecule has 25 heavy (non-hydrogen) atoms. The van der Waals surface area contributed by atoms with Gasteiger partial charge in [0.1, 0.15) is 0 Å². The molecule has 1 fully saturated rings. The summed E-state index contributed by atoms with van der Waals surface area (Å²) in [5.41, 5.74) is 0. The number of quaternary nitrogens is 1. The van der Waals surface area contributed by atoms with Crippen molar-refractivity contribution >= 4 is 26.1 Å². The number of carbonyl (C=O) groups is 1. The van der Waals surface area contributed by atoms with Crippen LogP contribution in [-0.2, 0) is 25.0 Å². The summed E-state index contributed by atoms with van der Waals surface area (Å²) in [6.45, 7) is 2.91. The van der Waals surface area contributed by atoms with E-state index in [1.165, 1.54) is 0 Å². The zero-order valence-corrected chi connectivity index (χ0v) is 18.6. The van der Waals surface area contributed by atoms with Gasteiger partial charge in [-0.05, 0) is 6.42 Å². The Hall–Kier alpha value is 0.250. The minimum Gasteiger partial charge on any atom is -0.748 e. The molecular weight excluding hydrogens is 383 g/mol. The Morgan fingerprint density at radius 2 is 1.52 bits per heavy atom. The summed E-state index contributed by atoms with van der Waals surface area (Å²) in [5, 5.41) is 2.75. The molecule has 1 aliphatic heterocycles. The molecule has 0 aromatic carbocycles. The molecule has 1 rings (SSSR count). The van der Waals surface area contributed by atoms with Crippen LogP contribution >= 0.6 is 0 Å². The largest absolute Gasteiger partial charge is 1.00 e. The molecule has 1 heterocycles. The Morgan fingerprint density at radius 1 is 1.08 bits per heavy atom. The van der Waals surface area contributed by atoms with E-state index in [0.29, 0.717) is 6.54 Å². The number of rotatable bonds is 9. The predicted octanol–water partition coefficient (Wildman–Crippen LogP) is -4.31. The maximum Gasteiger partial charge on any atom is 1.00 e. The summed E-state index contributed by atoms with van der Waals surface area (Å²) in [6, 6.07) is 0. The number of likely N-dealkylation sites (tertiary alicyclic amines) is 1. The molecule has 0 aliphatic carbocycles. The molecule has 2 unspecified atom stereocenters. The van der Waals surface area contributed by atoms with Crippen molar-refractivity contribution < 1.29 is 64.8 Å². The van der Waals surface area contributed by atoms with Crippen LogP contribution in [0.5, 0.6) is 0 Å². The summed E-state index contributed by atoms with van der Waals surface area (Å²) < 4.78 is 66.3. The van der Waals surface area contributed by atoms with E-state index in [0.717, 1.165) is 12.8 Å². The van der Waals surface area contributed by atoms with E-state index in [2.05, 4.69) is 5.32 Å². The Bertz CT molecular complexity index is 609. The number of likely N-dealkylation sites (N-methyl/N-ethyl adjacent to an activating group) is 1. The zero-order valence-electron chi connectivity index (χ0n) is 14.9. The first kappa shape index (κ1) is 25.2. The molecule has 0 radical (unpaired) electrons. The van der Waals surface area contributed by atoms with Gasteiger partial charge in [-0.15, -0.1) is 0 Å². The Morgan fingerprint density at radius 3 is 1.88 bits per heavy atom. The SMILES string of the molecule is CCCCNC(=O)C[N+]1(C)CC(CS(=O)(=O)[O-])C(CS(=O)(=O)[O-])C1.[Na+]. The fraction of sp³-hybridized carbons (Fsp3) is 0.923. The van der Waals surface area contributed by atoms with Crippen molar-refractivity contribution in [2.45, 2.75) is 19.8 Å². The maximum atomic E-state index is 12.0. The van der Waals surface area contributed by atoms with Gasteiger partial charge in [-0.1, -0.05) is 13.3 Å². The zero-order chi connectivity index (χ0) is 18.6. The van der Waals surface area contributed by atoms with Crippen LogP contribution in [0.15, 0.2) is 0 Å². The molecule has 0 bridgehead atoms. The molecule has 1 amide bonds. The minimum atomic E-state index is -4.55. The van der Waals surface area contributed by atoms with E-state index >= 15 is 0 Å². The van der Waals surface area contributed by atoms with Gasteiger partial charge >= 0.3 is 29.6 Å². The van der Waals surface area contributed by atoms with Crippen LogP contribution in [0.25, 0.3) is 0 Å². The normalized spacial score (nSPS) is 26.9. The van der Waals surface area contributed by atoms with Crippen molar-refractivity contribution in [1.29, 1.82) is 0 Å². The topological polar surface area (TPSA) is 144 Å². The average molecular weight is 408 g/mol. The first-order valence-corrected chi connectivity index (χ1v) is 11.0. The minimum absolute atomic E-state index is 0. The van der Waals surface area contributed by atoms with Crippen LogP contribution in [0.2, 0.25) is 0 Å². The van der Waals surface area contributed by atoms with Crippen molar-refractivity contribution in [1.82, 2.24) is 5.32 Å². The number of nitrogens with zero attached hydrogens (tertiary/aromatic N) is 1. The van der Waals surface area contributed by atoms with Crippen LogP contribution in [0.1, 0.15) is 19.8 Å². The smallest absolute Gasteiger partial charge is 0.748 e. The number of carbonyl (C=O) groups excluding carboxylic acids is 1. The van der Waals surface area contributed by atoms with Gasteiger partial charge in [-0.2, -0.15) is 0 Å². The van der Waals surface area contributed by atoms with Gasteiger partial charge < -0.3 is 18.9 Å². The van der Waals surface area contributed by atoms with E-state index in [1.807, 2.05) is 6.92 Å². The van der Waals surface area contributed by atoms with Crippen molar-refractivity contribution in [3.63, 3.8) is 0 Å². The number of nitrogens with one attached hydrogen (secondary N) is 1. The monoisotopic (exact) mass is 408 g/mol. The molecule has 0 aromatic rings. The summed E-state index contributed by atoms with van der Waals surface area (Å²) in [5.74, 6) is -3.16. The second-order valence-electron chi connectivity index (χ2n) is 6.82. The van der Waals surface area contributed by atoms with E-state index in [9.17, 15) is 30.7 Å². The van der Waals surface area contributed by atoms with Crippen LogP contribution in [0.4, 0.5) is 0 Å². The molecule has 12 heteroatoms. The molecule has 9 nitrogen and oxygen atoms in total. The number of hydrogen-bond acceptors (Lipinski definition) is 7. The van der Waals surface area contributed by atoms with E-state index < -0.39 is 43.6 Å². The van der Waals surface area contributed by atoms with Crippen molar-refractivity contribution in [3.05, 3.63) is 0 Å². The van der Waals surface area contributed by atoms with Crippen molar-refractivity contribution in [2.75, 3.05) is 44.7 Å². The standard InChI is InChI=1S/C13H26N2O7S2.Na/c1-3-4-5-14-13(16)8-15(2)6-11(9-23(17,18)19)12(7-15)10-24(20,21)22;/h11-12H,3-10H2,1-2H3,(H2-,14,16,17,18,19,20,21,22);/q;+1/p-1. The first-order valence-electron chi connectivity index (χ1n) is 7.81. The first-order chi connectivity index (χ1) is 10.8. The van der Waals surface area contributed by atoms with E-state index in [-0.39, 0.29) is 59.6 Å². The average Bonchev–Trinajstić information content (AvgIpc) is 2.60.